The first-order valence-corrected chi connectivity index (χ1v) is 8.86. The summed E-state index contributed by atoms with van der Waals surface area (Å²) in [5, 5.41) is 22.1. The molecule has 132 valence electrons. The van der Waals surface area contributed by atoms with Crippen LogP contribution in [0.3, 0.4) is 0 Å². The molecule has 2 heterocycles. The standard InChI is InChI=1S/C17H26N4O3/c22-10-14-3-1-2-8-21(14)16-9-15(18-11-19-16)20-13-6-4-12(5-7-13)17(23)24/h9,11-14,22H,1-8,10H2,(H,23,24)(H,18,19,20). The lowest BCUT2D eigenvalue weighted by atomic mass is 9.86. The highest BCUT2D eigenvalue weighted by Crippen LogP contribution is 2.28. The van der Waals surface area contributed by atoms with Crippen molar-refractivity contribution < 1.29 is 15.0 Å². The second-order valence-corrected chi connectivity index (χ2v) is 6.82. The lowest BCUT2D eigenvalue weighted by Gasteiger charge is -2.35. The molecule has 1 aromatic heterocycles. The number of hydrogen-bond acceptors (Lipinski definition) is 6. The highest BCUT2D eigenvalue weighted by molar-refractivity contribution is 5.70. The smallest absolute Gasteiger partial charge is 0.306 e. The number of aliphatic carboxylic acids is 1. The number of carboxylic acids is 1. The maximum Gasteiger partial charge on any atom is 0.306 e. The van der Waals surface area contributed by atoms with Crippen molar-refractivity contribution >= 4 is 17.6 Å². The molecule has 1 aromatic rings. The van der Waals surface area contributed by atoms with Crippen LogP contribution in [0.25, 0.3) is 0 Å². The van der Waals surface area contributed by atoms with E-state index < -0.39 is 5.97 Å². The van der Waals surface area contributed by atoms with E-state index in [2.05, 4.69) is 20.2 Å². The van der Waals surface area contributed by atoms with Gasteiger partial charge in [-0.3, -0.25) is 4.79 Å². The van der Waals surface area contributed by atoms with E-state index in [1.807, 2.05) is 6.07 Å². The van der Waals surface area contributed by atoms with E-state index in [0.717, 1.165) is 50.3 Å². The Kier molecular flexibility index (Phi) is 5.50. The number of carboxylic acid groups (broad SMARTS) is 1. The summed E-state index contributed by atoms with van der Waals surface area (Å²) in [6, 6.07) is 2.34. The van der Waals surface area contributed by atoms with Gasteiger partial charge in [0.15, 0.2) is 0 Å². The highest BCUT2D eigenvalue weighted by Gasteiger charge is 2.27. The van der Waals surface area contributed by atoms with Crippen molar-refractivity contribution in [2.75, 3.05) is 23.4 Å². The number of piperidine rings is 1. The molecule has 2 aliphatic rings. The van der Waals surface area contributed by atoms with E-state index in [-0.39, 0.29) is 24.6 Å². The maximum atomic E-state index is 11.0. The van der Waals surface area contributed by atoms with Crippen molar-refractivity contribution in [1.82, 2.24) is 9.97 Å². The van der Waals surface area contributed by atoms with E-state index >= 15 is 0 Å². The normalized spacial score (nSPS) is 27.7. The van der Waals surface area contributed by atoms with Gasteiger partial charge in [0.05, 0.1) is 18.6 Å². The van der Waals surface area contributed by atoms with Crippen LogP contribution in [0, 0.1) is 5.92 Å². The van der Waals surface area contributed by atoms with Crippen LogP contribution in [-0.2, 0) is 4.79 Å². The average molecular weight is 334 g/mol. The predicted octanol–water partition coefficient (Wildman–Crippen LogP) is 1.88. The van der Waals surface area contributed by atoms with Crippen LogP contribution >= 0.6 is 0 Å². The number of aliphatic hydroxyl groups excluding tert-OH is 1. The Labute approximate surface area is 142 Å². The zero-order valence-corrected chi connectivity index (χ0v) is 13.9. The second-order valence-electron chi connectivity index (χ2n) is 6.82. The van der Waals surface area contributed by atoms with Crippen LogP contribution in [0.1, 0.15) is 44.9 Å². The summed E-state index contributed by atoms with van der Waals surface area (Å²) in [6.45, 7) is 1.05. The first kappa shape index (κ1) is 17.0. The summed E-state index contributed by atoms with van der Waals surface area (Å²) >= 11 is 0. The summed E-state index contributed by atoms with van der Waals surface area (Å²) < 4.78 is 0. The van der Waals surface area contributed by atoms with Gasteiger partial charge in [0.2, 0.25) is 0 Å². The maximum absolute atomic E-state index is 11.0. The second kappa shape index (κ2) is 7.79. The van der Waals surface area contributed by atoms with Gasteiger partial charge >= 0.3 is 5.97 Å². The molecule has 24 heavy (non-hydrogen) atoms. The predicted molar refractivity (Wildman–Crippen MR) is 91.1 cm³/mol. The fraction of sp³-hybridized carbons (Fsp3) is 0.706. The van der Waals surface area contributed by atoms with Crippen LogP contribution < -0.4 is 10.2 Å². The molecule has 3 N–H and O–H groups in total. The minimum atomic E-state index is -0.682. The van der Waals surface area contributed by atoms with Gasteiger partial charge in [0.1, 0.15) is 18.0 Å². The average Bonchev–Trinajstić information content (AvgIpc) is 2.62. The third-order valence-corrected chi connectivity index (χ3v) is 5.21. The Bertz CT molecular complexity index is 561. The molecular formula is C17H26N4O3. The number of anilines is 2. The van der Waals surface area contributed by atoms with Gasteiger partial charge in [0.25, 0.3) is 0 Å². The lowest BCUT2D eigenvalue weighted by molar-refractivity contribution is -0.142. The third kappa shape index (κ3) is 3.95. The Balaban J connectivity index is 1.62. The van der Waals surface area contributed by atoms with Gasteiger partial charge in [-0.1, -0.05) is 0 Å². The molecule has 7 heteroatoms. The summed E-state index contributed by atoms with van der Waals surface area (Å²) in [5.74, 6) is 0.743. The highest BCUT2D eigenvalue weighted by atomic mass is 16.4. The Morgan fingerprint density at radius 1 is 1.21 bits per heavy atom. The molecule has 0 spiro atoms. The van der Waals surface area contributed by atoms with Crippen LogP contribution in [0.4, 0.5) is 11.6 Å². The molecule has 1 aliphatic heterocycles. The van der Waals surface area contributed by atoms with Crippen molar-refractivity contribution in [1.29, 1.82) is 0 Å². The molecule has 0 bridgehead atoms. The van der Waals surface area contributed by atoms with Crippen molar-refractivity contribution in [3.05, 3.63) is 12.4 Å². The largest absolute Gasteiger partial charge is 0.481 e. The number of hydrogen-bond donors (Lipinski definition) is 3. The molecule has 1 saturated carbocycles. The minimum absolute atomic E-state index is 0.132. The number of nitrogens with one attached hydrogen (secondary N) is 1. The number of aromatic nitrogens is 2. The van der Waals surface area contributed by atoms with Crippen LogP contribution in [0.2, 0.25) is 0 Å². The number of aliphatic hydroxyl groups is 1. The van der Waals surface area contributed by atoms with E-state index in [9.17, 15) is 9.90 Å². The number of nitrogens with zero attached hydrogens (tertiary/aromatic N) is 3. The fourth-order valence-corrected chi connectivity index (χ4v) is 3.77. The van der Waals surface area contributed by atoms with E-state index in [0.29, 0.717) is 12.8 Å². The van der Waals surface area contributed by atoms with Crippen LogP contribution in [0.5, 0.6) is 0 Å². The Hall–Kier alpha value is -1.89. The zero-order chi connectivity index (χ0) is 16.9. The van der Waals surface area contributed by atoms with Gasteiger partial charge in [-0.2, -0.15) is 0 Å². The summed E-state index contributed by atoms with van der Waals surface area (Å²) in [5.41, 5.74) is 0. The topological polar surface area (TPSA) is 98.6 Å². The first-order valence-electron chi connectivity index (χ1n) is 8.86. The van der Waals surface area contributed by atoms with E-state index in [1.165, 1.54) is 0 Å². The molecule has 7 nitrogen and oxygen atoms in total. The fourth-order valence-electron chi connectivity index (χ4n) is 3.77. The number of carbonyl (C=O) groups is 1. The Morgan fingerprint density at radius 2 is 2.00 bits per heavy atom. The molecular weight excluding hydrogens is 308 g/mol. The lowest BCUT2D eigenvalue weighted by Crippen LogP contribution is -2.42. The summed E-state index contributed by atoms with van der Waals surface area (Å²) in [4.78, 5) is 21.9. The summed E-state index contributed by atoms with van der Waals surface area (Å²) in [6.07, 6.45) is 7.92. The minimum Gasteiger partial charge on any atom is -0.481 e. The zero-order valence-electron chi connectivity index (χ0n) is 13.9. The first-order chi connectivity index (χ1) is 11.7. The SMILES string of the molecule is O=C(O)C1CCC(Nc2cc(N3CCCCC3CO)ncn2)CC1. The molecule has 1 atom stereocenters. The molecule has 0 aromatic carbocycles. The van der Waals surface area contributed by atoms with Crippen LogP contribution in [-0.4, -0.2) is 51.4 Å². The Morgan fingerprint density at radius 3 is 2.71 bits per heavy atom. The van der Waals surface area contributed by atoms with Crippen LogP contribution in [0.15, 0.2) is 12.4 Å². The van der Waals surface area contributed by atoms with Crippen molar-refractivity contribution in [2.24, 2.45) is 5.92 Å². The molecule has 1 saturated heterocycles. The molecule has 1 aliphatic carbocycles. The quantitative estimate of drug-likeness (QED) is 0.756. The van der Waals surface area contributed by atoms with E-state index in [4.69, 9.17) is 5.11 Å². The van der Waals surface area contributed by atoms with Crippen molar-refractivity contribution in [2.45, 2.75) is 57.0 Å². The molecule has 2 fully saturated rings. The number of rotatable bonds is 5. The van der Waals surface area contributed by atoms with Gasteiger partial charge < -0.3 is 20.4 Å². The molecule has 1 unspecified atom stereocenters. The molecule has 0 amide bonds. The van der Waals surface area contributed by atoms with Gasteiger partial charge in [-0.15, -0.1) is 0 Å². The van der Waals surface area contributed by atoms with Crippen molar-refractivity contribution in [3.63, 3.8) is 0 Å². The monoisotopic (exact) mass is 334 g/mol. The molecule has 0 radical (unpaired) electrons. The van der Waals surface area contributed by atoms with E-state index in [1.54, 1.807) is 6.33 Å². The summed E-state index contributed by atoms with van der Waals surface area (Å²) in [7, 11) is 0. The van der Waals surface area contributed by atoms with Gasteiger partial charge in [-0.25, -0.2) is 9.97 Å². The van der Waals surface area contributed by atoms with Gasteiger partial charge in [-0.05, 0) is 44.9 Å². The molecule has 3 rings (SSSR count). The third-order valence-electron chi connectivity index (χ3n) is 5.21. The van der Waals surface area contributed by atoms with Crippen molar-refractivity contribution in [3.8, 4) is 0 Å². The van der Waals surface area contributed by atoms with Gasteiger partial charge in [0, 0.05) is 18.7 Å².